The predicted molar refractivity (Wildman–Crippen MR) is 136 cm³/mol. The van der Waals surface area contributed by atoms with Crippen LogP contribution in [0.5, 0.6) is 0 Å². The van der Waals surface area contributed by atoms with Crippen LogP contribution in [-0.4, -0.2) is 36.4 Å². The van der Waals surface area contributed by atoms with Gasteiger partial charge in [-0.2, -0.15) is 0 Å². The first-order valence-electron chi connectivity index (χ1n) is 14.5. The van der Waals surface area contributed by atoms with Crippen LogP contribution in [0.25, 0.3) is 0 Å². The minimum absolute atomic E-state index is 0.0180. The van der Waals surface area contributed by atoms with Crippen molar-refractivity contribution in [1.82, 2.24) is 0 Å². The highest BCUT2D eigenvalue weighted by atomic mass is 16.5. The van der Waals surface area contributed by atoms with Crippen LogP contribution >= 0.6 is 0 Å². The van der Waals surface area contributed by atoms with Crippen LogP contribution in [0.3, 0.4) is 0 Å². The Hall–Kier alpha value is -1.10. The number of hydrogen-bond donors (Lipinski definition) is 1. The SMILES string of the molecule is CCC(C)C(=O)OC1CC[C@@]2(C)C(CCC3C2CC(O)[C@]2(C)C(C(C)CCC(=O)OC)CCC32)C1. The van der Waals surface area contributed by atoms with Crippen molar-refractivity contribution < 1.29 is 24.2 Å². The van der Waals surface area contributed by atoms with E-state index < -0.39 is 0 Å². The van der Waals surface area contributed by atoms with E-state index in [1.807, 2.05) is 13.8 Å². The average molecular weight is 491 g/mol. The van der Waals surface area contributed by atoms with Crippen LogP contribution in [0.4, 0.5) is 0 Å². The second-order valence-corrected chi connectivity index (χ2v) is 13.2. The van der Waals surface area contributed by atoms with E-state index in [4.69, 9.17) is 9.47 Å². The van der Waals surface area contributed by atoms with Gasteiger partial charge >= 0.3 is 11.9 Å². The number of aliphatic hydroxyl groups excluding tert-OH is 1. The summed E-state index contributed by atoms with van der Waals surface area (Å²) in [6, 6.07) is 0. The molecule has 4 fully saturated rings. The van der Waals surface area contributed by atoms with Gasteiger partial charge in [-0.3, -0.25) is 9.59 Å². The van der Waals surface area contributed by atoms with Crippen LogP contribution in [0.2, 0.25) is 0 Å². The zero-order valence-corrected chi connectivity index (χ0v) is 23.1. The van der Waals surface area contributed by atoms with Crippen LogP contribution < -0.4 is 0 Å². The molecule has 4 saturated carbocycles. The van der Waals surface area contributed by atoms with E-state index in [-0.39, 0.29) is 40.9 Å². The minimum atomic E-state index is -0.279. The average Bonchev–Trinajstić information content (AvgIpc) is 3.21. The lowest BCUT2D eigenvalue weighted by molar-refractivity contribution is -0.183. The molecule has 200 valence electrons. The molecule has 0 heterocycles. The summed E-state index contributed by atoms with van der Waals surface area (Å²) in [6.45, 7) is 11.1. The molecule has 0 amide bonds. The van der Waals surface area contributed by atoms with Gasteiger partial charge in [0.2, 0.25) is 0 Å². The smallest absolute Gasteiger partial charge is 0.308 e. The van der Waals surface area contributed by atoms with Crippen molar-refractivity contribution in [3.8, 4) is 0 Å². The van der Waals surface area contributed by atoms with Gasteiger partial charge in [0.1, 0.15) is 6.10 Å². The molecule has 0 aromatic heterocycles. The molecule has 0 bridgehead atoms. The molecule has 5 heteroatoms. The van der Waals surface area contributed by atoms with Gasteiger partial charge in [-0.1, -0.05) is 34.6 Å². The second kappa shape index (κ2) is 10.3. The fourth-order valence-electron chi connectivity index (χ4n) is 9.35. The monoisotopic (exact) mass is 490 g/mol. The Labute approximate surface area is 213 Å². The Morgan fingerprint density at radius 1 is 1.03 bits per heavy atom. The molecule has 4 aliphatic rings. The van der Waals surface area contributed by atoms with Crippen LogP contribution in [0, 0.1) is 52.3 Å². The fourth-order valence-corrected chi connectivity index (χ4v) is 9.35. The zero-order chi connectivity index (χ0) is 25.5. The van der Waals surface area contributed by atoms with Gasteiger partial charge in [0, 0.05) is 6.42 Å². The summed E-state index contributed by atoms with van der Waals surface area (Å²) in [6.07, 6.45) is 10.7. The maximum atomic E-state index is 12.4. The molecule has 5 nitrogen and oxygen atoms in total. The first kappa shape index (κ1) is 26.9. The van der Waals surface area contributed by atoms with Gasteiger partial charge in [-0.25, -0.2) is 0 Å². The molecule has 1 N–H and O–H groups in total. The van der Waals surface area contributed by atoms with Gasteiger partial charge in [-0.05, 0) is 111 Å². The Balaban J connectivity index is 1.45. The van der Waals surface area contributed by atoms with Gasteiger partial charge in [0.05, 0.1) is 19.1 Å². The van der Waals surface area contributed by atoms with Crippen molar-refractivity contribution in [2.75, 3.05) is 7.11 Å². The number of rotatable bonds is 7. The van der Waals surface area contributed by atoms with E-state index in [9.17, 15) is 14.7 Å². The summed E-state index contributed by atoms with van der Waals surface area (Å²) in [5.41, 5.74) is 0.183. The summed E-state index contributed by atoms with van der Waals surface area (Å²) >= 11 is 0. The maximum absolute atomic E-state index is 12.4. The van der Waals surface area contributed by atoms with Gasteiger partial charge < -0.3 is 14.6 Å². The highest BCUT2D eigenvalue weighted by Crippen LogP contribution is 2.68. The molecular formula is C30H50O5. The summed E-state index contributed by atoms with van der Waals surface area (Å²) in [4.78, 5) is 24.2. The highest BCUT2D eigenvalue weighted by Gasteiger charge is 2.63. The van der Waals surface area contributed by atoms with Crippen molar-refractivity contribution in [2.45, 2.75) is 117 Å². The van der Waals surface area contributed by atoms with Gasteiger partial charge in [0.25, 0.3) is 0 Å². The number of carbonyl (C=O) groups is 2. The van der Waals surface area contributed by atoms with E-state index in [2.05, 4.69) is 20.8 Å². The van der Waals surface area contributed by atoms with E-state index in [0.29, 0.717) is 41.9 Å². The lowest BCUT2D eigenvalue weighted by Gasteiger charge is -2.62. The number of hydrogen-bond acceptors (Lipinski definition) is 5. The summed E-state index contributed by atoms with van der Waals surface area (Å²) in [7, 11) is 1.46. The lowest BCUT2D eigenvalue weighted by Crippen LogP contribution is -2.59. The first-order valence-corrected chi connectivity index (χ1v) is 14.5. The van der Waals surface area contributed by atoms with Crippen molar-refractivity contribution in [3.63, 3.8) is 0 Å². The Morgan fingerprint density at radius 3 is 2.46 bits per heavy atom. The fraction of sp³-hybridized carbons (Fsp3) is 0.933. The Morgan fingerprint density at radius 2 is 1.77 bits per heavy atom. The second-order valence-electron chi connectivity index (χ2n) is 13.2. The number of aliphatic hydroxyl groups is 1. The Kier molecular flexibility index (Phi) is 7.96. The summed E-state index contributed by atoms with van der Waals surface area (Å²) in [5.74, 6) is 3.10. The maximum Gasteiger partial charge on any atom is 0.308 e. The number of carbonyl (C=O) groups excluding carboxylic acids is 2. The molecule has 0 aliphatic heterocycles. The molecular weight excluding hydrogens is 440 g/mol. The highest BCUT2D eigenvalue weighted by molar-refractivity contribution is 5.72. The topological polar surface area (TPSA) is 72.8 Å². The number of fused-ring (bicyclic) bond motifs is 5. The minimum Gasteiger partial charge on any atom is -0.469 e. The number of esters is 2. The number of ether oxygens (including phenoxy) is 2. The van der Waals surface area contributed by atoms with Crippen molar-refractivity contribution >= 4 is 11.9 Å². The predicted octanol–water partition coefficient (Wildman–Crippen LogP) is 6.16. The third-order valence-electron chi connectivity index (χ3n) is 11.8. The lowest BCUT2D eigenvalue weighted by atomic mass is 9.43. The molecule has 0 radical (unpaired) electrons. The van der Waals surface area contributed by atoms with Crippen molar-refractivity contribution in [1.29, 1.82) is 0 Å². The van der Waals surface area contributed by atoms with Gasteiger partial charge in [-0.15, -0.1) is 0 Å². The van der Waals surface area contributed by atoms with E-state index in [1.165, 1.54) is 26.4 Å². The van der Waals surface area contributed by atoms with Crippen molar-refractivity contribution in [3.05, 3.63) is 0 Å². The van der Waals surface area contributed by atoms with E-state index >= 15 is 0 Å². The summed E-state index contributed by atoms with van der Waals surface area (Å²) in [5, 5.41) is 11.7. The molecule has 0 spiro atoms. The first-order chi connectivity index (χ1) is 16.6. The van der Waals surface area contributed by atoms with E-state index in [1.54, 1.807) is 0 Å². The molecule has 0 aromatic carbocycles. The molecule has 35 heavy (non-hydrogen) atoms. The Bertz CT molecular complexity index is 781. The molecule has 4 aliphatic carbocycles. The van der Waals surface area contributed by atoms with Crippen molar-refractivity contribution in [2.24, 2.45) is 52.3 Å². The molecule has 11 atom stereocenters. The quantitative estimate of drug-likeness (QED) is 0.433. The van der Waals surface area contributed by atoms with Crippen LogP contribution in [0.1, 0.15) is 105 Å². The molecule has 0 saturated heterocycles. The number of methoxy groups -OCH3 is 1. The summed E-state index contributed by atoms with van der Waals surface area (Å²) < 4.78 is 10.8. The molecule has 9 unspecified atom stereocenters. The van der Waals surface area contributed by atoms with Gasteiger partial charge in [0.15, 0.2) is 0 Å². The van der Waals surface area contributed by atoms with E-state index in [0.717, 1.165) is 44.9 Å². The van der Waals surface area contributed by atoms with Crippen LogP contribution in [-0.2, 0) is 19.1 Å². The standard InChI is InChI=1S/C30H50O5/c1-7-18(2)28(33)35-21-14-15-29(4)20(16-21)9-10-22-24-12-11-23(19(3)8-13-27(32)34-6)30(24,5)26(31)17-25(22)29/h18-26,31H,7-17H2,1-6H3/t18?,19?,20?,21?,22?,23?,24?,25?,26?,29-,30+/m0/s1. The third kappa shape index (κ3) is 4.68. The van der Waals surface area contributed by atoms with Crippen LogP contribution in [0.15, 0.2) is 0 Å². The normalized spacial score (nSPS) is 44.4. The zero-order valence-electron chi connectivity index (χ0n) is 23.1. The molecule has 4 rings (SSSR count). The largest absolute Gasteiger partial charge is 0.469 e. The molecule has 0 aromatic rings. The third-order valence-corrected chi connectivity index (χ3v) is 11.8.